The highest BCUT2D eigenvalue weighted by Gasteiger charge is 2.14. The smallest absolute Gasteiger partial charge is 0.234 e. The van der Waals surface area contributed by atoms with Gasteiger partial charge in [-0.05, 0) is 48.4 Å². The minimum atomic E-state index is -0.0408. The summed E-state index contributed by atoms with van der Waals surface area (Å²) >= 11 is 1.44. The number of aromatic nitrogens is 2. The van der Waals surface area contributed by atoms with Gasteiger partial charge in [0.2, 0.25) is 5.91 Å². The number of carbonyl (C=O) groups excluding carboxylic acids is 1. The fraction of sp³-hybridized carbons (Fsp3) is 0.130. The molecule has 0 aliphatic rings. The second-order valence-electron chi connectivity index (χ2n) is 6.44. The van der Waals surface area contributed by atoms with Crippen LogP contribution in [0.25, 0.3) is 16.7 Å². The monoisotopic (exact) mass is 387 g/mol. The molecule has 0 spiro atoms. The van der Waals surface area contributed by atoms with Crippen LogP contribution in [0.15, 0.2) is 84.0 Å². The summed E-state index contributed by atoms with van der Waals surface area (Å²) in [5, 5.41) is 3.77. The van der Waals surface area contributed by atoms with Crippen LogP contribution in [-0.4, -0.2) is 21.2 Å². The van der Waals surface area contributed by atoms with E-state index < -0.39 is 0 Å². The number of fused-ring (bicyclic) bond motifs is 1. The van der Waals surface area contributed by atoms with Crippen LogP contribution < -0.4 is 5.32 Å². The number of imidazole rings is 1. The number of aryl methyl sites for hydroxylation is 1. The van der Waals surface area contributed by atoms with Crippen LogP contribution in [0, 0.1) is 0 Å². The first kappa shape index (κ1) is 18.3. The predicted molar refractivity (Wildman–Crippen MR) is 116 cm³/mol. The first-order chi connectivity index (χ1) is 13.7. The van der Waals surface area contributed by atoms with E-state index >= 15 is 0 Å². The molecule has 4 aromatic rings. The third kappa shape index (κ3) is 3.94. The lowest BCUT2D eigenvalue weighted by Crippen LogP contribution is -2.14. The van der Waals surface area contributed by atoms with Crippen molar-refractivity contribution in [1.29, 1.82) is 0 Å². The maximum Gasteiger partial charge on any atom is 0.234 e. The molecule has 0 saturated carbocycles. The van der Waals surface area contributed by atoms with E-state index in [9.17, 15) is 4.79 Å². The van der Waals surface area contributed by atoms with E-state index in [1.165, 1.54) is 17.3 Å². The second kappa shape index (κ2) is 8.31. The summed E-state index contributed by atoms with van der Waals surface area (Å²) in [5.41, 5.74) is 5.06. The van der Waals surface area contributed by atoms with Crippen molar-refractivity contribution in [2.75, 3.05) is 11.1 Å². The summed E-state index contributed by atoms with van der Waals surface area (Å²) in [7, 11) is 0. The van der Waals surface area contributed by atoms with Gasteiger partial charge in [0.05, 0.1) is 16.8 Å². The predicted octanol–water partition coefficient (Wildman–Crippen LogP) is 5.32. The normalized spacial score (nSPS) is 10.9. The lowest BCUT2D eigenvalue weighted by Gasteiger charge is -2.09. The van der Waals surface area contributed by atoms with E-state index in [-0.39, 0.29) is 5.91 Å². The number of amides is 1. The van der Waals surface area contributed by atoms with Crippen LogP contribution in [0.2, 0.25) is 0 Å². The molecular weight excluding hydrogens is 366 g/mol. The largest absolute Gasteiger partial charge is 0.325 e. The molecule has 3 aromatic carbocycles. The van der Waals surface area contributed by atoms with Crippen molar-refractivity contribution in [3.63, 3.8) is 0 Å². The minimum absolute atomic E-state index is 0.0408. The van der Waals surface area contributed by atoms with Crippen LogP contribution in [-0.2, 0) is 11.2 Å². The second-order valence-corrected chi connectivity index (χ2v) is 7.38. The number of thioether (sulfide) groups is 1. The SMILES string of the molecule is CCc1ccc(NC(=O)CSc2nc3ccccc3n2-c2ccccc2)cc1. The number of hydrogen-bond acceptors (Lipinski definition) is 3. The van der Waals surface area contributed by atoms with Gasteiger partial charge in [-0.2, -0.15) is 0 Å². The molecule has 0 saturated heterocycles. The highest BCUT2D eigenvalue weighted by atomic mass is 32.2. The van der Waals surface area contributed by atoms with Crippen molar-refractivity contribution in [2.24, 2.45) is 0 Å². The summed E-state index contributed by atoms with van der Waals surface area (Å²) in [6.45, 7) is 2.11. The Morgan fingerprint density at radius 2 is 1.68 bits per heavy atom. The highest BCUT2D eigenvalue weighted by Crippen LogP contribution is 2.28. The van der Waals surface area contributed by atoms with Gasteiger partial charge < -0.3 is 5.32 Å². The lowest BCUT2D eigenvalue weighted by molar-refractivity contribution is -0.113. The number of nitrogens with zero attached hydrogens (tertiary/aromatic N) is 2. The first-order valence-electron chi connectivity index (χ1n) is 9.29. The molecule has 0 unspecified atom stereocenters. The lowest BCUT2D eigenvalue weighted by atomic mass is 10.1. The third-order valence-corrected chi connectivity index (χ3v) is 5.46. The van der Waals surface area contributed by atoms with Crippen molar-refractivity contribution in [3.05, 3.63) is 84.4 Å². The molecule has 4 nitrogen and oxygen atoms in total. The van der Waals surface area contributed by atoms with E-state index in [0.717, 1.165) is 34.0 Å². The van der Waals surface area contributed by atoms with Gasteiger partial charge in [-0.15, -0.1) is 0 Å². The van der Waals surface area contributed by atoms with E-state index in [0.29, 0.717) is 5.75 Å². The van der Waals surface area contributed by atoms with Crippen molar-refractivity contribution in [2.45, 2.75) is 18.5 Å². The summed E-state index contributed by atoms with van der Waals surface area (Å²) in [6.07, 6.45) is 0.986. The molecule has 0 bridgehead atoms. The molecular formula is C23H21N3OS. The maximum atomic E-state index is 12.4. The van der Waals surface area contributed by atoms with Crippen molar-refractivity contribution >= 4 is 34.4 Å². The molecule has 1 aromatic heterocycles. The summed E-state index contributed by atoms with van der Waals surface area (Å²) < 4.78 is 2.10. The van der Waals surface area contributed by atoms with Gasteiger partial charge in [-0.1, -0.05) is 61.2 Å². The first-order valence-corrected chi connectivity index (χ1v) is 10.3. The molecule has 0 radical (unpaired) electrons. The van der Waals surface area contributed by atoms with E-state index in [1.54, 1.807) is 0 Å². The molecule has 0 aliphatic heterocycles. The summed E-state index contributed by atoms with van der Waals surface area (Å²) in [6, 6.07) is 26.1. The number of carbonyl (C=O) groups is 1. The van der Waals surface area contributed by atoms with Gasteiger partial charge in [0, 0.05) is 11.4 Å². The number of rotatable bonds is 6. The molecule has 4 rings (SSSR count). The fourth-order valence-electron chi connectivity index (χ4n) is 3.08. The Kier molecular flexibility index (Phi) is 5.44. The Hall–Kier alpha value is -3.05. The zero-order valence-electron chi connectivity index (χ0n) is 15.6. The summed E-state index contributed by atoms with van der Waals surface area (Å²) in [4.78, 5) is 17.2. The average Bonchev–Trinajstić information content (AvgIpc) is 3.12. The molecule has 140 valence electrons. The van der Waals surface area contributed by atoms with Crippen LogP contribution >= 0.6 is 11.8 Å². The minimum Gasteiger partial charge on any atom is -0.325 e. The number of nitrogens with one attached hydrogen (secondary N) is 1. The van der Waals surface area contributed by atoms with Gasteiger partial charge in [0.1, 0.15) is 0 Å². The summed E-state index contributed by atoms with van der Waals surface area (Å²) in [5.74, 6) is 0.256. The molecule has 1 amide bonds. The Balaban J connectivity index is 1.53. The van der Waals surface area contributed by atoms with Gasteiger partial charge >= 0.3 is 0 Å². The van der Waals surface area contributed by atoms with Crippen molar-refractivity contribution < 1.29 is 4.79 Å². The Labute approximate surface area is 168 Å². The van der Waals surface area contributed by atoms with Crippen molar-refractivity contribution in [3.8, 4) is 5.69 Å². The maximum absolute atomic E-state index is 12.4. The number of anilines is 1. The molecule has 5 heteroatoms. The molecule has 0 fully saturated rings. The molecule has 1 heterocycles. The average molecular weight is 388 g/mol. The molecule has 0 aliphatic carbocycles. The van der Waals surface area contributed by atoms with Crippen LogP contribution in [0.5, 0.6) is 0 Å². The van der Waals surface area contributed by atoms with Crippen LogP contribution in [0.4, 0.5) is 5.69 Å². The molecule has 28 heavy (non-hydrogen) atoms. The van der Waals surface area contributed by atoms with Gasteiger partial charge in [-0.25, -0.2) is 4.98 Å². The van der Waals surface area contributed by atoms with E-state index in [2.05, 4.69) is 22.9 Å². The molecule has 1 N–H and O–H groups in total. The topological polar surface area (TPSA) is 46.9 Å². The molecule has 0 atom stereocenters. The third-order valence-electron chi connectivity index (χ3n) is 4.52. The van der Waals surface area contributed by atoms with Gasteiger partial charge in [0.25, 0.3) is 0 Å². The Morgan fingerprint density at radius 1 is 0.964 bits per heavy atom. The quantitative estimate of drug-likeness (QED) is 0.456. The van der Waals surface area contributed by atoms with E-state index in [1.807, 2.05) is 72.8 Å². The number of para-hydroxylation sites is 3. The number of hydrogen-bond donors (Lipinski definition) is 1. The van der Waals surface area contributed by atoms with Gasteiger partial charge in [0.15, 0.2) is 5.16 Å². The fourth-order valence-corrected chi connectivity index (χ4v) is 3.91. The standard InChI is InChI=1S/C23H21N3OS/c1-2-17-12-14-18(15-13-17)24-22(27)16-28-23-25-20-10-6-7-11-21(20)26(23)19-8-4-3-5-9-19/h3-15H,2,16H2,1H3,(H,24,27). The van der Waals surface area contributed by atoms with Crippen LogP contribution in [0.1, 0.15) is 12.5 Å². The van der Waals surface area contributed by atoms with E-state index in [4.69, 9.17) is 4.98 Å². The van der Waals surface area contributed by atoms with Crippen LogP contribution in [0.3, 0.4) is 0 Å². The number of benzene rings is 3. The van der Waals surface area contributed by atoms with Gasteiger partial charge in [-0.3, -0.25) is 9.36 Å². The zero-order chi connectivity index (χ0) is 19.3. The highest BCUT2D eigenvalue weighted by molar-refractivity contribution is 7.99. The van der Waals surface area contributed by atoms with Crippen molar-refractivity contribution in [1.82, 2.24) is 9.55 Å². The Bertz CT molecular complexity index is 1090. The zero-order valence-corrected chi connectivity index (χ0v) is 16.4. The Morgan fingerprint density at radius 3 is 2.43 bits per heavy atom.